The molecule has 0 radical (unpaired) electrons. The van der Waals surface area contributed by atoms with E-state index in [2.05, 4.69) is 10.3 Å². The number of amides is 1. The molecule has 6 nitrogen and oxygen atoms in total. The van der Waals surface area contributed by atoms with Gasteiger partial charge in [-0.2, -0.15) is 0 Å². The Kier molecular flexibility index (Phi) is 5.62. The van der Waals surface area contributed by atoms with E-state index in [-0.39, 0.29) is 28.6 Å². The van der Waals surface area contributed by atoms with E-state index in [9.17, 15) is 23.8 Å². The number of aryl methyl sites for hydroxylation is 1. The summed E-state index contributed by atoms with van der Waals surface area (Å²) >= 11 is 5.86. The van der Waals surface area contributed by atoms with Crippen LogP contribution in [0.25, 0.3) is 11.3 Å². The number of phenolic OH excluding ortho intramolecular Hbond substituents is 1. The van der Waals surface area contributed by atoms with E-state index in [1.807, 2.05) is 6.92 Å². The van der Waals surface area contributed by atoms with Crippen molar-refractivity contribution in [3.63, 3.8) is 0 Å². The molecule has 9 heteroatoms. The van der Waals surface area contributed by atoms with Crippen LogP contribution in [0.3, 0.4) is 0 Å². The molecule has 0 aliphatic heterocycles. The van der Waals surface area contributed by atoms with Gasteiger partial charge < -0.3 is 20.1 Å². The number of nitrogens with zero attached hydrogens (tertiary/aromatic N) is 2. The van der Waals surface area contributed by atoms with E-state index in [1.165, 1.54) is 18.3 Å². The van der Waals surface area contributed by atoms with Crippen LogP contribution in [0.4, 0.5) is 14.5 Å². The Bertz CT molecular complexity index is 1010. The number of carbonyl (C=O) groups excluding carboxylic acids is 1. The van der Waals surface area contributed by atoms with E-state index in [1.54, 1.807) is 4.57 Å². The van der Waals surface area contributed by atoms with Gasteiger partial charge in [0.25, 0.3) is 5.91 Å². The van der Waals surface area contributed by atoms with Gasteiger partial charge in [-0.1, -0.05) is 17.7 Å². The van der Waals surface area contributed by atoms with Gasteiger partial charge in [-0.3, -0.25) is 4.79 Å². The molecule has 0 bridgehead atoms. The number of carbonyl (C=O) groups is 1. The highest BCUT2D eigenvalue weighted by Crippen LogP contribution is 2.31. The Balaban J connectivity index is 1.96. The monoisotopic (exact) mass is 407 g/mol. The number of benzene rings is 2. The van der Waals surface area contributed by atoms with Gasteiger partial charge in [0, 0.05) is 18.3 Å². The first-order valence-electron chi connectivity index (χ1n) is 8.30. The fourth-order valence-electron chi connectivity index (χ4n) is 2.72. The van der Waals surface area contributed by atoms with Crippen molar-refractivity contribution >= 4 is 23.2 Å². The number of hydrogen-bond donors (Lipinski definition) is 3. The Morgan fingerprint density at radius 3 is 2.64 bits per heavy atom. The van der Waals surface area contributed by atoms with Crippen LogP contribution in [0, 0.1) is 11.6 Å². The second-order valence-electron chi connectivity index (χ2n) is 5.89. The van der Waals surface area contributed by atoms with Crippen LogP contribution in [-0.4, -0.2) is 25.7 Å². The molecule has 2 aromatic carbocycles. The van der Waals surface area contributed by atoms with Crippen LogP contribution in [0.2, 0.25) is 5.02 Å². The van der Waals surface area contributed by atoms with Crippen molar-refractivity contribution in [1.29, 1.82) is 0 Å². The molecular formula is C19H16ClF2N3O3. The van der Waals surface area contributed by atoms with Gasteiger partial charge in [0.15, 0.2) is 0 Å². The van der Waals surface area contributed by atoms with Crippen molar-refractivity contribution in [3.8, 4) is 17.0 Å². The number of imidazole rings is 1. The summed E-state index contributed by atoms with van der Waals surface area (Å²) in [5.41, 5.74) is -0.507. The fraction of sp³-hybridized carbons (Fsp3) is 0.158. The Morgan fingerprint density at radius 1 is 1.29 bits per heavy atom. The van der Waals surface area contributed by atoms with Crippen LogP contribution in [0.5, 0.6) is 5.75 Å². The highest BCUT2D eigenvalue weighted by Gasteiger charge is 2.20. The lowest BCUT2D eigenvalue weighted by Gasteiger charge is -2.11. The Labute approximate surface area is 164 Å². The number of aromatic nitrogens is 2. The number of halogens is 3. The first kappa shape index (κ1) is 19.8. The summed E-state index contributed by atoms with van der Waals surface area (Å²) < 4.78 is 30.1. The minimum atomic E-state index is -0.926. The summed E-state index contributed by atoms with van der Waals surface area (Å²) in [5, 5.41) is 21.7. The quantitative estimate of drug-likeness (QED) is 0.597. The van der Waals surface area contributed by atoms with Gasteiger partial charge in [-0.15, -0.1) is 0 Å². The molecule has 0 saturated carbocycles. The number of nitrogens with one attached hydrogen (secondary N) is 1. The molecule has 1 aromatic heterocycles. The Morgan fingerprint density at radius 2 is 2.04 bits per heavy atom. The molecule has 3 rings (SSSR count). The van der Waals surface area contributed by atoms with E-state index in [0.717, 1.165) is 18.2 Å². The molecule has 3 aromatic rings. The molecule has 0 spiro atoms. The molecule has 3 N–H and O–H groups in total. The molecule has 1 amide bonds. The standard InChI is InChI=1S/C19H16ClF2N3O3/c1-2-25-8-15(23-17(25)9-26)10-7-16(27)11(6-14(10)22)19(28)24-18-12(20)4-3-5-13(18)21/h3-8,26-27H,2,9H2,1H3,(H,24,28). The maximum absolute atomic E-state index is 14.6. The third-order valence-corrected chi connectivity index (χ3v) is 4.46. The number of hydrogen-bond acceptors (Lipinski definition) is 4. The molecule has 1 heterocycles. The zero-order chi connectivity index (χ0) is 20.4. The maximum Gasteiger partial charge on any atom is 0.259 e. The highest BCUT2D eigenvalue weighted by atomic mass is 35.5. The average Bonchev–Trinajstić information content (AvgIpc) is 3.09. The van der Waals surface area contributed by atoms with Gasteiger partial charge in [0.1, 0.15) is 29.8 Å². The average molecular weight is 408 g/mol. The minimum Gasteiger partial charge on any atom is -0.507 e. The highest BCUT2D eigenvalue weighted by molar-refractivity contribution is 6.34. The van der Waals surface area contributed by atoms with Crippen molar-refractivity contribution in [2.75, 3.05) is 5.32 Å². The SMILES string of the molecule is CCn1cc(-c2cc(O)c(C(=O)Nc3c(F)cccc3Cl)cc2F)nc1CO. The number of aliphatic hydroxyl groups excluding tert-OH is 1. The van der Waals surface area contributed by atoms with Crippen molar-refractivity contribution in [1.82, 2.24) is 9.55 Å². The molecule has 0 aliphatic carbocycles. The fourth-order valence-corrected chi connectivity index (χ4v) is 2.93. The molecule has 0 fully saturated rings. The molecule has 0 atom stereocenters. The summed E-state index contributed by atoms with van der Waals surface area (Å²) in [6.45, 7) is 2.02. The Hall–Kier alpha value is -2.97. The van der Waals surface area contributed by atoms with Gasteiger partial charge in [0.05, 0.1) is 22.0 Å². The molecule has 146 valence electrons. The number of anilines is 1. The summed E-state index contributed by atoms with van der Waals surface area (Å²) in [4.78, 5) is 16.5. The predicted octanol–water partition coefficient (Wildman–Crippen LogP) is 3.95. The normalized spacial score (nSPS) is 10.9. The molecule has 28 heavy (non-hydrogen) atoms. The van der Waals surface area contributed by atoms with E-state index in [4.69, 9.17) is 11.6 Å². The predicted molar refractivity (Wildman–Crippen MR) is 100 cm³/mol. The smallest absolute Gasteiger partial charge is 0.259 e. The first-order chi connectivity index (χ1) is 13.3. The summed E-state index contributed by atoms with van der Waals surface area (Å²) in [6, 6.07) is 5.74. The van der Waals surface area contributed by atoms with Gasteiger partial charge in [-0.05, 0) is 31.2 Å². The lowest BCUT2D eigenvalue weighted by molar-refractivity contribution is 0.102. The third-order valence-electron chi connectivity index (χ3n) is 4.15. The van der Waals surface area contributed by atoms with Gasteiger partial charge >= 0.3 is 0 Å². The largest absolute Gasteiger partial charge is 0.507 e. The van der Waals surface area contributed by atoms with Gasteiger partial charge in [0.2, 0.25) is 0 Å². The van der Waals surface area contributed by atoms with E-state index in [0.29, 0.717) is 12.4 Å². The van der Waals surface area contributed by atoms with Crippen molar-refractivity contribution in [3.05, 3.63) is 64.6 Å². The topological polar surface area (TPSA) is 87.4 Å². The van der Waals surface area contributed by atoms with Crippen LogP contribution >= 0.6 is 11.6 Å². The van der Waals surface area contributed by atoms with Crippen molar-refractivity contribution in [2.45, 2.75) is 20.1 Å². The van der Waals surface area contributed by atoms with Crippen LogP contribution in [-0.2, 0) is 13.2 Å². The van der Waals surface area contributed by atoms with Crippen LogP contribution < -0.4 is 5.32 Å². The second kappa shape index (κ2) is 7.95. The lowest BCUT2D eigenvalue weighted by Crippen LogP contribution is -2.14. The summed E-state index contributed by atoms with van der Waals surface area (Å²) in [6.07, 6.45) is 1.53. The molecule has 0 saturated heterocycles. The number of rotatable bonds is 5. The number of aliphatic hydroxyl groups is 1. The van der Waals surface area contributed by atoms with Crippen LogP contribution in [0.15, 0.2) is 36.5 Å². The zero-order valence-corrected chi connectivity index (χ0v) is 15.5. The molecule has 0 aliphatic rings. The summed E-state index contributed by atoms with van der Waals surface area (Å²) in [7, 11) is 0. The number of para-hydroxylation sites is 1. The maximum atomic E-state index is 14.6. The molecular weight excluding hydrogens is 392 g/mol. The minimum absolute atomic E-state index is 0.0356. The van der Waals surface area contributed by atoms with Crippen molar-refractivity contribution < 1.29 is 23.8 Å². The summed E-state index contributed by atoms with van der Waals surface area (Å²) in [5.74, 6) is -2.68. The molecule has 0 unspecified atom stereocenters. The third kappa shape index (κ3) is 3.69. The van der Waals surface area contributed by atoms with E-state index < -0.39 is 28.9 Å². The second-order valence-corrected chi connectivity index (χ2v) is 6.29. The lowest BCUT2D eigenvalue weighted by atomic mass is 10.1. The first-order valence-corrected chi connectivity index (χ1v) is 8.68. The van der Waals surface area contributed by atoms with Crippen LogP contribution in [0.1, 0.15) is 23.1 Å². The van der Waals surface area contributed by atoms with Gasteiger partial charge in [-0.25, -0.2) is 13.8 Å². The zero-order valence-electron chi connectivity index (χ0n) is 14.7. The number of aromatic hydroxyl groups is 1. The van der Waals surface area contributed by atoms with E-state index >= 15 is 0 Å². The number of phenols is 1. The van der Waals surface area contributed by atoms with Crippen molar-refractivity contribution in [2.24, 2.45) is 0 Å².